The molecule has 6 heteroatoms. The quantitative estimate of drug-likeness (QED) is 0.943. The molecule has 0 unspecified atom stereocenters. The van der Waals surface area contributed by atoms with Gasteiger partial charge in [-0.2, -0.15) is 0 Å². The Labute approximate surface area is 134 Å². The summed E-state index contributed by atoms with van der Waals surface area (Å²) in [4.78, 5) is 22.8. The van der Waals surface area contributed by atoms with Gasteiger partial charge in [-0.1, -0.05) is 18.9 Å². The highest BCUT2D eigenvalue weighted by molar-refractivity contribution is 5.92. The van der Waals surface area contributed by atoms with Crippen LogP contribution in [0.15, 0.2) is 36.5 Å². The van der Waals surface area contributed by atoms with E-state index in [-0.39, 0.29) is 17.7 Å². The third-order valence-corrected chi connectivity index (χ3v) is 3.85. The molecule has 0 bridgehead atoms. The van der Waals surface area contributed by atoms with Crippen molar-refractivity contribution in [2.24, 2.45) is 0 Å². The van der Waals surface area contributed by atoms with Gasteiger partial charge < -0.3 is 10.2 Å². The average molecular weight is 314 g/mol. The number of benzene rings is 1. The molecule has 0 saturated carbocycles. The lowest BCUT2D eigenvalue weighted by atomic mass is 10.2. The van der Waals surface area contributed by atoms with Crippen molar-refractivity contribution >= 4 is 17.5 Å². The zero-order valence-electron chi connectivity index (χ0n) is 12.8. The number of anilines is 2. The molecule has 2 aromatic rings. The highest BCUT2D eigenvalue weighted by Crippen LogP contribution is 2.16. The fraction of sp³-hybridized carbons (Fsp3) is 0.353. The Morgan fingerprint density at radius 1 is 1.13 bits per heavy atom. The summed E-state index contributed by atoms with van der Waals surface area (Å²) in [5.74, 6) is -0.125. The molecule has 0 spiro atoms. The first-order valence-electron chi connectivity index (χ1n) is 7.87. The van der Waals surface area contributed by atoms with Gasteiger partial charge in [-0.3, -0.25) is 4.79 Å². The predicted octanol–water partition coefficient (Wildman–Crippen LogP) is 3.38. The number of hydrogen-bond donors (Lipinski definition) is 1. The maximum absolute atomic E-state index is 13.2. The topological polar surface area (TPSA) is 58.1 Å². The Kier molecular flexibility index (Phi) is 4.80. The molecule has 23 heavy (non-hydrogen) atoms. The fourth-order valence-electron chi connectivity index (χ4n) is 2.67. The maximum Gasteiger partial charge on any atom is 0.272 e. The van der Waals surface area contributed by atoms with E-state index in [0.717, 1.165) is 25.9 Å². The summed E-state index contributed by atoms with van der Waals surface area (Å²) in [6.45, 7) is 1.55. The lowest BCUT2D eigenvalue weighted by Crippen LogP contribution is -2.32. The Balaban J connectivity index is 1.75. The number of halogens is 1. The van der Waals surface area contributed by atoms with E-state index >= 15 is 0 Å². The second kappa shape index (κ2) is 7.17. The summed E-state index contributed by atoms with van der Waals surface area (Å²) >= 11 is 0. The summed E-state index contributed by atoms with van der Waals surface area (Å²) in [7, 11) is 0. The minimum absolute atomic E-state index is 0.0726. The lowest BCUT2D eigenvalue weighted by Gasteiger charge is -2.19. The third-order valence-electron chi connectivity index (χ3n) is 3.85. The van der Waals surface area contributed by atoms with Crippen molar-refractivity contribution < 1.29 is 9.18 Å². The third kappa shape index (κ3) is 4.03. The number of nitrogens with zero attached hydrogens (tertiary/aromatic N) is 3. The standard InChI is InChI=1S/C17H19FN4O/c18-13-6-5-7-14(12-13)20-17-19-9-8-15(21-17)16(23)22-10-3-1-2-4-11-22/h5-9,12H,1-4,10-11H2,(H,19,20,21). The molecule has 2 heterocycles. The van der Waals surface area contributed by atoms with E-state index in [1.807, 2.05) is 4.90 Å². The largest absolute Gasteiger partial charge is 0.337 e. The number of likely N-dealkylation sites (tertiary alicyclic amines) is 1. The van der Waals surface area contributed by atoms with Gasteiger partial charge in [0.15, 0.2) is 0 Å². The normalized spacial score (nSPS) is 15.1. The van der Waals surface area contributed by atoms with Crippen LogP contribution >= 0.6 is 0 Å². The van der Waals surface area contributed by atoms with Gasteiger partial charge in [0, 0.05) is 25.0 Å². The number of hydrogen-bond acceptors (Lipinski definition) is 4. The van der Waals surface area contributed by atoms with Crippen LogP contribution in [0.3, 0.4) is 0 Å². The first-order valence-corrected chi connectivity index (χ1v) is 7.87. The SMILES string of the molecule is O=C(c1ccnc(Nc2cccc(F)c2)n1)N1CCCCCC1. The maximum atomic E-state index is 13.2. The molecule has 1 N–H and O–H groups in total. The van der Waals surface area contributed by atoms with Crippen LogP contribution in [-0.4, -0.2) is 33.9 Å². The lowest BCUT2D eigenvalue weighted by molar-refractivity contribution is 0.0755. The van der Waals surface area contributed by atoms with Gasteiger partial charge in [-0.15, -0.1) is 0 Å². The van der Waals surface area contributed by atoms with Gasteiger partial charge in [0.25, 0.3) is 5.91 Å². The van der Waals surface area contributed by atoms with Crippen LogP contribution in [0, 0.1) is 5.82 Å². The molecule has 1 fully saturated rings. The highest BCUT2D eigenvalue weighted by atomic mass is 19.1. The van der Waals surface area contributed by atoms with E-state index in [1.165, 1.54) is 25.0 Å². The van der Waals surface area contributed by atoms with Crippen LogP contribution < -0.4 is 5.32 Å². The smallest absolute Gasteiger partial charge is 0.272 e. The number of nitrogens with one attached hydrogen (secondary N) is 1. The molecular formula is C17H19FN4O. The molecule has 0 radical (unpaired) electrons. The molecular weight excluding hydrogens is 295 g/mol. The minimum atomic E-state index is -0.341. The Hall–Kier alpha value is -2.50. The molecule has 3 rings (SSSR count). The van der Waals surface area contributed by atoms with Gasteiger partial charge in [-0.25, -0.2) is 14.4 Å². The molecule has 1 aliphatic rings. The molecule has 1 aliphatic heterocycles. The molecule has 1 aromatic carbocycles. The Morgan fingerprint density at radius 3 is 2.65 bits per heavy atom. The van der Waals surface area contributed by atoms with Crippen molar-refractivity contribution in [2.75, 3.05) is 18.4 Å². The molecule has 0 atom stereocenters. The number of aromatic nitrogens is 2. The first-order chi connectivity index (χ1) is 11.2. The van der Waals surface area contributed by atoms with E-state index in [1.54, 1.807) is 24.4 Å². The van der Waals surface area contributed by atoms with Crippen molar-refractivity contribution in [1.82, 2.24) is 14.9 Å². The van der Waals surface area contributed by atoms with Crippen molar-refractivity contribution in [2.45, 2.75) is 25.7 Å². The van der Waals surface area contributed by atoms with Crippen LogP contribution in [0.4, 0.5) is 16.0 Å². The Bertz CT molecular complexity index is 684. The Morgan fingerprint density at radius 2 is 1.91 bits per heavy atom. The number of carbonyl (C=O) groups is 1. The average Bonchev–Trinajstić information content (AvgIpc) is 2.84. The van der Waals surface area contributed by atoms with Crippen molar-refractivity contribution in [3.8, 4) is 0 Å². The van der Waals surface area contributed by atoms with Crippen LogP contribution in [0.5, 0.6) is 0 Å². The number of carbonyl (C=O) groups excluding carboxylic acids is 1. The van der Waals surface area contributed by atoms with Crippen LogP contribution in [0.2, 0.25) is 0 Å². The van der Waals surface area contributed by atoms with Crippen LogP contribution in [-0.2, 0) is 0 Å². The number of amides is 1. The van der Waals surface area contributed by atoms with E-state index in [4.69, 9.17) is 0 Å². The molecule has 1 amide bonds. The van der Waals surface area contributed by atoms with Crippen molar-refractivity contribution in [3.05, 3.63) is 48.0 Å². The van der Waals surface area contributed by atoms with Crippen LogP contribution in [0.25, 0.3) is 0 Å². The summed E-state index contributed by atoms with van der Waals surface area (Å²) in [6.07, 6.45) is 5.94. The molecule has 5 nitrogen and oxygen atoms in total. The molecule has 1 saturated heterocycles. The zero-order chi connectivity index (χ0) is 16.1. The van der Waals surface area contributed by atoms with E-state index < -0.39 is 0 Å². The first kappa shape index (κ1) is 15.4. The van der Waals surface area contributed by atoms with Crippen molar-refractivity contribution in [1.29, 1.82) is 0 Å². The van der Waals surface area contributed by atoms with E-state index in [2.05, 4.69) is 15.3 Å². The van der Waals surface area contributed by atoms with Gasteiger partial charge in [0.2, 0.25) is 5.95 Å². The van der Waals surface area contributed by atoms with Crippen molar-refractivity contribution in [3.63, 3.8) is 0 Å². The molecule has 120 valence electrons. The van der Waals surface area contributed by atoms with E-state index in [0.29, 0.717) is 11.4 Å². The summed E-state index contributed by atoms with van der Waals surface area (Å²) in [5.41, 5.74) is 0.908. The van der Waals surface area contributed by atoms with Gasteiger partial charge >= 0.3 is 0 Å². The van der Waals surface area contributed by atoms with Gasteiger partial charge in [0.1, 0.15) is 11.5 Å². The zero-order valence-corrected chi connectivity index (χ0v) is 12.8. The minimum Gasteiger partial charge on any atom is -0.337 e. The van der Waals surface area contributed by atoms with E-state index in [9.17, 15) is 9.18 Å². The van der Waals surface area contributed by atoms with Gasteiger partial charge in [0.05, 0.1) is 0 Å². The summed E-state index contributed by atoms with van der Waals surface area (Å²) in [5, 5.41) is 2.92. The van der Waals surface area contributed by atoms with Gasteiger partial charge in [-0.05, 0) is 37.1 Å². The second-order valence-corrected chi connectivity index (χ2v) is 5.61. The predicted molar refractivity (Wildman–Crippen MR) is 86.1 cm³/mol. The summed E-state index contributed by atoms with van der Waals surface area (Å²) in [6, 6.07) is 7.65. The number of rotatable bonds is 3. The monoisotopic (exact) mass is 314 g/mol. The molecule has 1 aromatic heterocycles. The summed E-state index contributed by atoms with van der Waals surface area (Å²) < 4.78 is 13.2. The highest BCUT2D eigenvalue weighted by Gasteiger charge is 2.18. The molecule has 0 aliphatic carbocycles. The fourth-order valence-corrected chi connectivity index (χ4v) is 2.67. The van der Waals surface area contributed by atoms with Crippen LogP contribution in [0.1, 0.15) is 36.2 Å². The second-order valence-electron chi connectivity index (χ2n) is 5.61.